The summed E-state index contributed by atoms with van der Waals surface area (Å²) in [5.74, 6) is -1.02. The molecule has 0 radical (unpaired) electrons. The SMILES string of the molecule is CCC[C@H](NC(=O)N1CCN2C(=O)NCC2C1)C(=O)O. The third-order valence-electron chi connectivity index (χ3n) is 3.69. The van der Waals surface area contributed by atoms with Crippen LogP contribution in [0.4, 0.5) is 9.59 Å². The number of fused-ring (bicyclic) bond motifs is 1. The summed E-state index contributed by atoms with van der Waals surface area (Å²) in [5, 5.41) is 14.3. The first-order valence-corrected chi connectivity index (χ1v) is 6.85. The Morgan fingerprint density at radius 3 is 2.90 bits per heavy atom. The summed E-state index contributed by atoms with van der Waals surface area (Å²) < 4.78 is 0. The Labute approximate surface area is 117 Å². The fourth-order valence-corrected chi connectivity index (χ4v) is 2.57. The van der Waals surface area contributed by atoms with Crippen molar-refractivity contribution in [3.05, 3.63) is 0 Å². The number of urea groups is 2. The maximum atomic E-state index is 12.1. The molecule has 0 bridgehead atoms. The normalized spacial score (nSPS) is 23.1. The van der Waals surface area contributed by atoms with Crippen molar-refractivity contribution in [2.24, 2.45) is 0 Å². The summed E-state index contributed by atoms with van der Waals surface area (Å²) in [6.45, 7) is 3.74. The Balaban J connectivity index is 1.90. The van der Waals surface area contributed by atoms with Gasteiger partial charge in [-0.05, 0) is 6.42 Å². The van der Waals surface area contributed by atoms with E-state index in [1.807, 2.05) is 6.92 Å². The molecule has 2 aliphatic rings. The molecule has 8 heteroatoms. The van der Waals surface area contributed by atoms with Gasteiger partial charge in [0, 0.05) is 26.2 Å². The van der Waals surface area contributed by atoms with Crippen LogP contribution in [0.1, 0.15) is 19.8 Å². The second kappa shape index (κ2) is 5.98. The topological polar surface area (TPSA) is 102 Å². The average molecular weight is 284 g/mol. The van der Waals surface area contributed by atoms with E-state index in [1.54, 1.807) is 9.80 Å². The van der Waals surface area contributed by atoms with E-state index in [0.29, 0.717) is 39.0 Å². The predicted molar refractivity (Wildman–Crippen MR) is 70.3 cm³/mol. The molecular weight excluding hydrogens is 264 g/mol. The predicted octanol–water partition coefficient (Wildman–Crippen LogP) is -0.341. The maximum Gasteiger partial charge on any atom is 0.326 e. The molecule has 112 valence electrons. The third-order valence-corrected chi connectivity index (χ3v) is 3.69. The highest BCUT2D eigenvalue weighted by Crippen LogP contribution is 2.14. The van der Waals surface area contributed by atoms with Gasteiger partial charge in [-0.1, -0.05) is 13.3 Å². The minimum Gasteiger partial charge on any atom is -0.480 e. The molecule has 8 nitrogen and oxygen atoms in total. The highest BCUT2D eigenvalue weighted by Gasteiger charge is 2.37. The molecule has 1 unspecified atom stereocenters. The fraction of sp³-hybridized carbons (Fsp3) is 0.750. The number of hydrogen-bond donors (Lipinski definition) is 3. The van der Waals surface area contributed by atoms with Crippen molar-refractivity contribution in [3.8, 4) is 0 Å². The number of hydrogen-bond acceptors (Lipinski definition) is 3. The Morgan fingerprint density at radius 1 is 1.50 bits per heavy atom. The van der Waals surface area contributed by atoms with Crippen molar-refractivity contribution in [1.82, 2.24) is 20.4 Å². The fourth-order valence-electron chi connectivity index (χ4n) is 2.57. The zero-order valence-electron chi connectivity index (χ0n) is 11.5. The van der Waals surface area contributed by atoms with Crippen LogP contribution in [0, 0.1) is 0 Å². The number of rotatable bonds is 4. The van der Waals surface area contributed by atoms with Gasteiger partial charge in [0.1, 0.15) is 6.04 Å². The molecule has 2 atom stereocenters. The van der Waals surface area contributed by atoms with Crippen LogP contribution >= 0.6 is 0 Å². The van der Waals surface area contributed by atoms with E-state index in [-0.39, 0.29) is 18.1 Å². The monoisotopic (exact) mass is 284 g/mol. The molecule has 20 heavy (non-hydrogen) atoms. The van der Waals surface area contributed by atoms with Gasteiger partial charge in [-0.3, -0.25) is 0 Å². The van der Waals surface area contributed by atoms with Crippen molar-refractivity contribution in [3.63, 3.8) is 0 Å². The lowest BCUT2D eigenvalue weighted by atomic mass is 10.1. The highest BCUT2D eigenvalue weighted by atomic mass is 16.4. The number of piperazine rings is 1. The van der Waals surface area contributed by atoms with Crippen molar-refractivity contribution in [2.45, 2.75) is 31.8 Å². The molecule has 2 fully saturated rings. The van der Waals surface area contributed by atoms with Crippen LogP contribution in [-0.2, 0) is 4.79 Å². The summed E-state index contributed by atoms with van der Waals surface area (Å²) in [4.78, 5) is 37.9. The van der Waals surface area contributed by atoms with Gasteiger partial charge in [-0.25, -0.2) is 14.4 Å². The van der Waals surface area contributed by atoms with Gasteiger partial charge in [-0.15, -0.1) is 0 Å². The average Bonchev–Trinajstić information content (AvgIpc) is 2.79. The van der Waals surface area contributed by atoms with Gasteiger partial charge in [0.2, 0.25) is 0 Å². The summed E-state index contributed by atoms with van der Waals surface area (Å²) in [6, 6.07) is -1.33. The molecule has 0 aliphatic carbocycles. The number of aliphatic carboxylic acids is 1. The number of nitrogens with zero attached hydrogens (tertiary/aromatic N) is 2. The Kier molecular flexibility index (Phi) is 4.31. The second-order valence-electron chi connectivity index (χ2n) is 5.11. The van der Waals surface area contributed by atoms with Crippen LogP contribution in [0.2, 0.25) is 0 Å². The Morgan fingerprint density at radius 2 is 2.25 bits per heavy atom. The molecule has 0 aromatic carbocycles. The van der Waals surface area contributed by atoms with Crippen molar-refractivity contribution in [1.29, 1.82) is 0 Å². The smallest absolute Gasteiger partial charge is 0.326 e. The maximum absolute atomic E-state index is 12.1. The number of amides is 4. The van der Waals surface area contributed by atoms with Crippen LogP contribution in [0.3, 0.4) is 0 Å². The van der Waals surface area contributed by atoms with E-state index < -0.39 is 12.0 Å². The van der Waals surface area contributed by atoms with E-state index in [2.05, 4.69) is 10.6 Å². The van der Waals surface area contributed by atoms with Gasteiger partial charge < -0.3 is 25.5 Å². The van der Waals surface area contributed by atoms with Crippen LogP contribution in [0.5, 0.6) is 0 Å². The van der Waals surface area contributed by atoms with Crippen LogP contribution < -0.4 is 10.6 Å². The number of carboxylic acids is 1. The molecule has 0 spiro atoms. The van der Waals surface area contributed by atoms with Gasteiger partial charge >= 0.3 is 18.0 Å². The number of carboxylic acid groups (broad SMARTS) is 1. The Hall–Kier alpha value is -1.99. The minimum atomic E-state index is -1.02. The molecule has 2 saturated heterocycles. The molecule has 0 saturated carbocycles. The second-order valence-corrected chi connectivity index (χ2v) is 5.11. The van der Waals surface area contributed by atoms with Gasteiger partial charge in [-0.2, -0.15) is 0 Å². The largest absolute Gasteiger partial charge is 0.480 e. The first-order chi connectivity index (χ1) is 9.52. The van der Waals surface area contributed by atoms with Crippen LogP contribution in [0.25, 0.3) is 0 Å². The van der Waals surface area contributed by atoms with Crippen molar-refractivity contribution < 1.29 is 19.5 Å². The van der Waals surface area contributed by atoms with Gasteiger partial charge in [0.05, 0.1) is 6.04 Å². The number of carbonyl (C=O) groups is 3. The molecule has 3 N–H and O–H groups in total. The van der Waals surface area contributed by atoms with Gasteiger partial charge in [0.25, 0.3) is 0 Å². The molecule has 4 amide bonds. The molecule has 0 aromatic rings. The number of nitrogens with one attached hydrogen (secondary N) is 2. The molecule has 2 aliphatic heterocycles. The summed E-state index contributed by atoms with van der Waals surface area (Å²) in [6.07, 6.45) is 1.09. The lowest BCUT2D eigenvalue weighted by Gasteiger charge is -2.36. The minimum absolute atomic E-state index is 0.0172. The first-order valence-electron chi connectivity index (χ1n) is 6.85. The molecule has 0 aromatic heterocycles. The standard InChI is InChI=1S/C12H20N4O4/c1-2-3-9(10(17)18)14-12(20)15-4-5-16-8(7-15)6-13-11(16)19/h8-9H,2-7H2,1H3,(H,13,19)(H,14,20)(H,17,18)/t8?,9-/m0/s1. The highest BCUT2D eigenvalue weighted by molar-refractivity contribution is 5.83. The van der Waals surface area contributed by atoms with Crippen molar-refractivity contribution in [2.75, 3.05) is 26.2 Å². The van der Waals surface area contributed by atoms with E-state index in [4.69, 9.17) is 5.11 Å². The van der Waals surface area contributed by atoms with E-state index >= 15 is 0 Å². The molecule has 2 rings (SSSR count). The quantitative estimate of drug-likeness (QED) is 0.657. The van der Waals surface area contributed by atoms with Gasteiger partial charge in [0.15, 0.2) is 0 Å². The summed E-state index contributed by atoms with van der Waals surface area (Å²) in [7, 11) is 0. The molecular formula is C12H20N4O4. The zero-order valence-corrected chi connectivity index (χ0v) is 11.5. The first kappa shape index (κ1) is 14.4. The lowest BCUT2D eigenvalue weighted by Crippen LogP contribution is -2.57. The Bertz CT molecular complexity index is 414. The van der Waals surface area contributed by atoms with E-state index in [1.165, 1.54) is 0 Å². The zero-order chi connectivity index (χ0) is 14.7. The van der Waals surface area contributed by atoms with Crippen LogP contribution in [-0.4, -0.2) is 71.2 Å². The summed E-state index contributed by atoms with van der Waals surface area (Å²) >= 11 is 0. The summed E-state index contributed by atoms with van der Waals surface area (Å²) in [5.41, 5.74) is 0. The van der Waals surface area contributed by atoms with E-state index in [0.717, 1.165) is 0 Å². The van der Waals surface area contributed by atoms with Crippen molar-refractivity contribution >= 4 is 18.0 Å². The molecule has 2 heterocycles. The number of carbonyl (C=O) groups excluding carboxylic acids is 2. The van der Waals surface area contributed by atoms with E-state index in [9.17, 15) is 14.4 Å². The van der Waals surface area contributed by atoms with Crippen LogP contribution in [0.15, 0.2) is 0 Å². The lowest BCUT2D eigenvalue weighted by molar-refractivity contribution is -0.139. The third kappa shape index (κ3) is 2.94.